The molecule has 3 heterocycles. The van der Waals surface area contributed by atoms with Crippen LogP contribution in [0, 0.1) is 0 Å². The molecule has 0 aromatic carbocycles. The molecule has 2 aliphatic rings. The normalized spacial score (nSPS) is 23.2. The summed E-state index contributed by atoms with van der Waals surface area (Å²) < 4.78 is 42.9. The zero-order chi connectivity index (χ0) is 16.6. The molecule has 0 aliphatic carbocycles. The SMILES string of the molecule is O=C1OCCC1N1CCN(c2ncc(C(F)(F)F)cc2Cl)CC1. The van der Waals surface area contributed by atoms with Crippen molar-refractivity contribution in [3.05, 3.63) is 22.8 Å². The first kappa shape index (κ1) is 16.3. The number of piperazine rings is 1. The van der Waals surface area contributed by atoms with Gasteiger partial charge in [-0.2, -0.15) is 13.2 Å². The number of pyridine rings is 1. The average Bonchev–Trinajstić information content (AvgIpc) is 2.93. The first-order chi connectivity index (χ1) is 10.9. The fraction of sp³-hybridized carbons (Fsp3) is 0.571. The van der Waals surface area contributed by atoms with Crippen LogP contribution in [0.25, 0.3) is 0 Å². The third-order valence-electron chi connectivity index (χ3n) is 4.11. The van der Waals surface area contributed by atoms with Crippen molar-refractivity contribution in [2.45, 2.75) is 18.6 Å². The highest BCUT2D eigenvalue weighted by atomic mass is 35.5. The largest absolute Gasteiger partial charge is 0.464 e. The molecule has 0 amide bonds. The zero-order valence-electron chi connectivity index (χ0n) is 12.1. The number of cyclic esters (lactones) is 1. The number of aromatic nitrogens is 1. The van der Waals surface area contributed by atoms with Crippen molar-refractivity contribution in [2.75, 3.05) is 37.7 Å². The molecule has 2 aliphatic heterocycles. The monoisotopic (exact) mass is 349 g/mol. The number of nitrogens with zero attached hydrogens (tertiary/aromatic N) is 3. The number of halogens is 4. The van der Waals surface area contributed by atoms with Crippen molar-refractivity contribution in [1.82, 2.24) is 9.88 Å². The molecule has 1 aromatic heterocycles. The molecule has 126 valence electrons. The van der Waals surface area contributed by atoms with E-state index in [0.717, 1.165) is 12.3 Å². The predicted molar refractivity (Wildman–Crippen MR) is 77.4 cm³/mol. The van der Waals surface area contributed by atoms with Gasteiger partial charge in [-0.25, -0.2) is 4.98 Å². The summed E-state index contributed by atoms with van der Waals surface area (Å²) in [4.78, 5) is 19.3. The lowest BCUT2D eigenvalue weighted by Crippen LogP contribution is -2.52. The van der Waals surface area contributed by atoms with Crippen molar-refractivity contribution in [2.24, 2.45) is 0 Å². The number of ether oxygens (including phenoxy) is 1. The maximum Gasteiger partial charge on any atom is 0.417 e. The molecular weight excluding hydrogens is 335 g/mol. The van der Waals surface area contributed by atoms with Crippen molar-refractivity contribution in [3.63, 3.8) is 0 Å². The van der Waals surface area contributed by atoms with Crippen LogP contribution >= 0.6 is 11.6 Å². The van der Waals surface area contributed by atoms with Gasteiger partial charge in [-0.3, -0.25) is 9.69 Å². The molecule has 1 atom stereocenters. The Bertz CT molecular complexity index is 603. The second kappa shape index (κ2) is 6.16. The van der Waals surface area contributed by atoms with E-state index in [-0.39, 0.29) is 17.0 Å². The summed E-state index contributed by atoms with van der Waals surface area (Å²) in [6.07, 6.45) is -2.99. The summed E-state index contributed by atoms with van der Waals surface area (Å²) in [5, 5.41) is -0.0199. The summed E-state index contributed by atoms with van der Waals surface area (Å²) in [6, 6.07) is 0.679. The molecule has 0 saturated carbocycles. The molecule has 0 spiro atoms. The van der Waals surface area contributed by atoms with Crippen LogP contribution in [0.5, 0.6) is 0 Å². The lowest BCUT2D eigenvalue weighted by molar-refractivity contribution is -0.142. The van der Waals surface area contributed by atoms with Crippen LogP contribution in [-0.4, -0.2) is 54.7 Å². The number of rotatable bonds is 2. The van der Waals surface area contributed by atoms with Crippen molar-refractivity contribution in [3.8, 4) is 0 Å². The molecule has 0 radical (unpaired) electrons. The minimum absolute atomic E-state index is 0.0199. The molecule has 3 rings (SSSR count). The highest BCUT2D eigenvalue weighted by molar-refractivity contribution is 6.33. The minimum Gasteiger partial charge on any atom is -0.464 e. The van der Waals surface area contributed by atoms with Crippen molar-refractivity contribution < 1.29 is 22.7 Å². The number of carbonyl (C=O) groups excluding carboxylic acids is 1. The van der Waals surface area contributed by atoms with E-state index in [0.29, 0.717) is 45.0 Å². The Morgan fingerprint density at radius 2 is 1.96 bits per heavy atom. The Morgan fingerprint density at radius 1 is 1.26 bits per heavy atom. The summed E-state index contributed by atoms with van der Waals surface area (Å²) in [6.45, 7) is 2.75. The predicted octanol–water partition coefficient (Wildman–Crippen LogP) is 2.19. The minimum atomic E-state index is -4.46. The van der Waals surface area contributed by atoms with Gasteiger partial charge < -0.3 is 9.64 Å². The lowest BCUT2D eigenvalue weighted by atomic mass is 10.2. The van der Waals surface area contributed by atoms with Crippen LogP contribution in [0.15, 0.2) is 12.3 Å². The second-order valence-corrected chi connectivity index (χ2v) is 5.93. The number of esters is 1. The first-order valence-corrected chi connectivity index (χ1v) is 7.62. The highest BCUT2D eigenvalue weighted by Gasteiger charge is 2.35. The average molecular weight is 350 g/mol. The Morgan fingerprint density at radius 3 is 2.48 bits per heavy atom. The van der Waals surface area contributed by atoms with Crippen LogP contribution in [0.4, 0.5) is 19.0 Å². The first-order valence-electron chi connectivity index (χ1n) is 7.24. The third kappa shape index (κ3) is 3.37. The van der Waals surface area contributed by atoms with Gasteiger partial charge in [0.05, 0.1) is 17.2 Å². The van der Waals surface area contributed by atoms with Gasteiger partial charge in [0, 0.05) is 38.8 Å². The molecule has 2 saturated heterocycles. The molecule has 23 heavy (non-hydrogen) atoms. The van der Waals surface area contributed by atoms with Crippen LogP contribution in [-0.2, 0) is 15.7 Å². The van der Waals surface area contributed by atoms with E-state index in [1.807, 2.05) is 9.80 Å². The van der Waals surface area contributed by atoms with E-state index in [1.54, 1.807) is 0 Å². The lowest BCUT2D eigenvalue weighted by Gasteiger charge is -2.37. The summed E-state index contributed by atoms with van der Waals surface area (Å²) in [5.74, 6) is 0.137. The molecule has 5 nitrogen and oxygen atoms in total. The second-order valence-electron chi connectivity index (χ2n) is 5.52. The van der Waals surface area contributed by atoms with E-state index in [2.05, 4.69) is 4.98 Å². The van der Waals surface area contributed by atoms with Crippen molar-refractivity contribution in [1.29, 1.82) is 0 Å². The van der Waals surface area contributed by atoms with Gasteiger partial charge in [-0.15, -0.1) is 0 Å². The van der Waals surface area contributed by atoms with Gasteiger partial charge >= 0.3 is 12.1 Å². The van der Waals surface area contributed by atoms with Gasteiger partial charge in [0.2, 0.25) is 0 Å². The van der Waals surface area contributed by atoms with Gasteiger partial charge in [-0.1, -0.05) is 11.6 Å². The van der Waals surface area contributed by atoms with Gasteiger partial charge in [0.25, 0.3) is 0 Å². The van der Waals surface area contributed by atoms with Gasteiger partial charge in [0.15, 0.2) is 0 Å². The van der Waals surface area contributed by atoms with Crippen LogP contribution < -0.4 is 4.90 Å². The summed E-state index contributed by atoms with van der Waals surface area (Å²) in [5.41, 5.74) is -0.862. The number of hydrogen-bond donors (Lipinski definition) is 0. The number of alkyl halides is 3. The summed E-state index contributed by atoms with van der Waals surface area (Å²) in [7, 11) is 0. The Kier molecular flexibility index (Phi) is 4.37. The quantitative estimate of drug-likeness (QED) is 0.766. The molecule has 0 bridgehead atoms. The molecule has 1 aromatic rings. The van der Waals surface area contributed by atoms with Gasteiger partial charge in [-0.05, 0) is 6.07 Å². The Labute approximate surface area is 136 Å². The molecule has 2 fully saturated rings. The number of anilines is 1. The Hall–Kier alpha value is -1.54. The maximum atomic E-state index is 12.6. The van der Waals surface area contributed by atoms with Crippen LogP contribution in [0.2, 0.25) is 5.02 Å². The topological polar surface area (TPSA) is 45.7 Å². The zero-order valence-corrected chi connectivity index (χ0v) is 12.9. The molecular formula is C14H15ClF3N3O2. The standard InChI is InChI=1S/C14H15ClF3N3O2/c15-10-7-9(14(16,17)18)8-19-12(10)21-4-2-20(3-5-21)11-1-6-23-13(11)22/h7-8,11H,1-6H2. The summed E-state index contributed by atoms with van der Waals surface area (Å²) >= 11 is 5.96. The van der Waals surface area contributed by atoms with Crippen LogP contribution in [0.3, 0.4) is 0 Å². The number of hydrogen-bond acceptors (Lipinski definition) is 5. The third-order valence-corrected chi connectivity index (χ3v) is 4.39. The molecule has 1 unspecified atom stereocenters. The van der Waals surface area contributed by atoms with Gasteiger partial charge in [0.1, 0.15) is 11.9 Å². The van der Waals surface area contributed by atoms with Crippen LogP contribution in [0.1, 0.15) is 12.0 Å². The van der Waals surface area contributed by atoms with E-state index < -0.39 is 11.7 Å². The van der Waals surface area contributed by atoms with E-state index in [4.69, 9.17) is 16.3 Å². The molecule has 9 heteroatoms. The van der Waals surface area contributed by atoms with E-state index >= 15 is 0 Å². The highest BCUT2D eigenvalue weighted by Crippen LogP contribution is 2.33. The Balaban J connectivity index is 1.67. The smallest absolute Gasteiger partial charge is 0.417 e. The maximum absolute atomic E-state index is 12.6. The fourth-order valence-corrected chi connectivity index (χ4v) is 3.17. The molecule has 0 N–H and O–H groups in total. The fourth-order valence-electron chi connectivity index (χ4n) is 2.88. The van der Waals surface area contributed by atoms with E-state index in [1.165, 1.54) is 0 Å². The number of carbonyl (C=O) groups is 1. The van der Waals surface area contributed by atoms with Crippen molar-refractivity contribution >= 4 is 23.4 Å². The van der Waals surface area contributed by atoms with E-state index in [9.17, 15) is 18.0 Å².